The predicted octanol–water partition coefficient (Wildman–Crippen LogP) is 0.0104. The molecule has 0 N–H and O–H groups in total. The zero-order valence-corrected chi connectivity index (χ0v) is 8.39. The molecule has 0 aromatic rings. The van der Waals surface area contributed by atoms with Gasteiger partial charge in [-0.05, 0) is 9.05 Å². The largest absolute Gasteiger partial charge is 0.0209 e. The van der Waals surface area contributed by atoms with E-state index in [9.17, 15) is 0 Å². The molecular formula is F2InOSn. The van der Waals surface area contributed by atoms with Crippen molar-refractivity contribution in [3.63, 3.8) is 0 Å². The van der Waals surface area contributed by atoms with E-state index in [1.807, 2.05) is 0 Å². The minimum absolute atomic E-state index is 0. The van der Waals surface area contributed by atoms with E-state index in [1.54, 1.807) is 0 Å². The van der Waals surface area contributed by atoms with Crippen molar-refractivity contribution in [3.8, 4) is 0 Å². The van der Waals surface area contributed by atoms with Gasteiger partial charge in [-0.3, -0.25) is 0 Å². The molecule has 0 aromatic heterocycles. The Balaban J connectivity index is -0.0000000200. The Labute approximate surface area is 63.6 Å². The molecule has 0 bridgehead atoms. The molecule has 0 aromatic carbocycles. The van der Waals surface area contributed by atoms with Gasteiger partial charge in [0, 0.05) is 54.9 Å². The van der Waals surface area contributed by atoms with Crippen LogP contribution in [0.15, 0.2) is 0 Å². The van der Waals surface area contributed by atoms with Gasteiger partial charge in [-0.15, -0.1) is 0 Å². The van der Waals surface area contributed by atoms with Crippen molar-refractivity contribution in [2.45, 2.75) is 0 Å². The van der Waals surface area contributed by atoms with Crippen molar-refractivity contribution < 1.29 is 14.2 Å². The van der Waals surface area contributed by atoms with Gasteiger partial charge in [-0.2, -0.15) is 0 Å². The molecule has 0 saturated heterocycles. The van der Waals surface area contributed by atoms with Gasteiger partial charge in [-0.1, -0.05) is 0 Å². The van der Waals surface area contributed by atoms with Gasteiger partial charge in [0.15, 0.2) is 0 Å². The number of hydrogen-bond acceptors (Lipinski definition) is 1. The summed E-state index contributed by atoms with van der Waals surface area (Å²) >= 11 is 0. The van der Waals surface area contributed by atoms with Crippen molar-refractivity contribution in [2.75, 3.05) is 0 Å². The van der Waals surface area contributed by atoms with Crippen molar-refractivity contribution in [1.29, 1.82) is 0 Å². The fraction of sp³-hybridized carbons (Fsp3) is 0. The Kier molecular flexibility index (Phi) is 57.4. The second kappa shape index (κ2) is 17.9. The van der Waals surface area contributed by atoms with Crippen LogP contribution in [-0.4, -0.2) is 49.8 Å². The Bertz CT molecular complexity index is 9.61. The summed E-state index contributed by atoms with van der Waals surface area (Å²) in [4.78, 5) is 0. The fourth-order valence-electron chi connectivity index (χ4n) is 0. The Morgan fingerprint density at radius 1 is 1.20 bits per heavy atom. The van der Waals surface area contributed by atoms with Crippen molar-refractivity contribution in [3.05, 3.63) is 0 Å². The average molecular weight is 288 g/mol. The van der Waals surface area contributed by atoms with Crippen molar-refractivity contribution in [2.24, 2.45) is 0 Å². The molecule has 1 nitrogen and oxygen atoms in total. The normalized spacial score (nSPS) is 3.60. The molecule has 0 unspecified atom stereocenters. The molecule has 0 aliphatic carbocycles. The van der Waals surface area contributed by atoms with Crippen LogP contribution in [0.2, 0.25) is 0 Å². The number of hydrogen-bond donors (Lipinski definition) is 0. The number of halogens is 2. The minimum atomic E-state index is 0. The third-order valence-corrected chi connectivity index (χ3v) is 0. The van der Waals surface area contributed by atoms with Crippen LogP contribution in [0.1, 0.15) is 0 Å². The second-order valence-electron chi connectivity index (χ2n) is 0.0583. The third-order valence-electron chi connectivity index (χ3n) is 0. The molecule has 0 rings (SSSR count). The van der Waals surface area contributed by atoms with E-state index in [0.29, 0.717) is 0 Å². The quantitative estimate of drug-likeness (QED) is 0.571. The molecule has 5 heteroatoms. The molecular weight excluding hydrogens is 288 g/mol. The maximum absolute atomic E-state index is 9.12. The molecule has 0 aliphatic heterocycles. The summed E-state index contributed by atoms with van der Waals surface area (Å²) in [7, 11) is 0. The summed E-state index contributed by atoms with van der Waals surface area (Å²) in [5, 5.41) is 1.25. The molecule has 0 heterocycles. The standard InChI is InChI=1S/F2O.In.Sn/c1-3-2;;. The van der Waals surface area contributed by atoms with E-state index in [1.165, 1.54) is 5.15 Å². The Hall–Kier alpha value is 1.49. The summed E-state index contributed by atoms with van der Waals surface area (Å²) in [5.74, 6) is 0. The van der Waals surface area contributed by atoms with E-state index in [2.05, 4.69) is 0 Å². The molecule has 27 valence electrons. The first kappa shape index (κ1) is 16.1. The molecule has 5 heavy (non-hydrogen) atoms. The zero-order valence-electron chi connectivity index (χ0n) is 2.24. The first-order chi connectivity index (χ1) is 1.41. The first-order valence-electron chi connectivity index (χ1n) is 0.309. The van der Waals surface area contributed by atoms with Gasteiger partial charge in [-0.25, -0.2) is 0 Å². The predicted molar refractivity (Wildman–Crippen MR) is 14.8 cm³/mol. The van der Waals surface area contributed by atoms with Crippen LogP contribution in [0.5, 0.6) is 0 Å². The van der Waals surface area contributed by atoms with Crippen LogP contribution in [0.4, 0.5) is 9.05 Å². The second-order valence-corrected chi connectivity index (χ2v) is 0.0583. The van der Waals surface area contributed by atoms with Crippen LogP contribution in [0, 0.1) is 0 Å². The summed E-state index contributed by atoms with van der Waals surface area (Å²) < 4.78 is 18.2. The van der Waals surface area contributed by atoms with Gasteiger partial charge >= 0.3 is 0 Å². The van der Waals surface area contributed by atoms with Gasteiger partial charge in [0.05, 0.1) is 0 Å². The van der Waals surface area contributed by atoms with Crippen LogP contribution >= 0.6 is 0 Å². The molecule has 0 fully saturated rings. The van der Waals surface area contributed by atoms with Crippen molar-refractivity contribution in [1.82, 2.24) is 0 Å². The molecule has 0 saturated carbocycles. The van der Waals surface area contributed by atoms with Crippen LogP contribution in [0.25, 0.3) is 0 Å². The molecule has 0 atom stereocenters. The summed E-state index contributed by atoms with van der Waals surface area (Å²) in [6.45, 7) is 0. The summed E-state index contributed by atoms with van der Waals surface area (Å²) in [6, 6.07) is 0. The van der Waals surface area contributed by atoms with Crippen LogP contribution < -0.4 is 0 Å². The molecule has 7 radical (unpaired) electrons. The Morgan fingerprint density at radius 3 is 1.20 bits per heavy atom. The van der Waals surface area contributed by atoms with E-state index in [4.69, 9.17) is 9.05 Å². The monoisotopic (exact) mass is 289 g/mol. The zero-order chi connectivity index (χ0) is 2.71. The molecule has 0 aliphatic rings. The number of rotatable bonds is 0. The van der Waals surface area contributed by atoms with E-state index >= 15 is 0 Å². The maximum Gasteiger partial charge on any atom is 0.0209 e. The molecule has 0 spiro atoms. The van der Waals surface area contributed by atoms with E-state index < -0.39 is 0 Å². The van der Waals surface area contributed by atoms with Gasteiger partial charge in [0.2, 0.25) is 0 Å². The summed E-state index contributed by atoms with van der Waals surface area (Å²) in [5.41, 5.74) is 0. The minimum Gasteiger partial charge on any atom is -0.0104 e. The fourth-order valence-corrected chi connectivity index (χ4v) is 0. The van der Waals surface area contributed by atoms with E-state index in [-0.39, 0.29) is 49.8 Å². The van der Waals surface area contributed by atoms with Crippen LogP contribution in [0.3, 0.4) is 0 Å². The van der Waals surface area contributed by atoms with E-state index in [0.717, 1.165) is 0 Å². The molecule has 0 amide bonds. The van der Waals surface area contributed by atoms with Crippen LogP contribution in [-0.2, 0) is 5.15 Å². The summed E-state index contributed by atoms with van der Waals surface area (Å²) in [6.07, 6.45) is 0. The SMILES string of the molecule is FOF.[In].[Sn]. The average Bonchev–Trinajstić information content (AvgIpc) is 0.918. The van der Waals surface area contributed by atoms with Gasteiger partial charge in [0.1, 0.15) is 0 Å². The smallest absolute Gasteiger partial charge is 0.0104 e. The van der Waals surface area contributed by atoms with Gasteiger partial charge in [0.25, 0.3) is 0 Å². The first-order valence-corrected chi connectivity index (χ1v) is 0.309. The van der Waals surface area contributed by atoms with Crippen molar-refractivity contribution >= 4 is 49.8 Å². The topological polar surface area (TPSA) is 9.23 Å². The maximum atomic E-state index is 9.12. The van der Waals surface area contributed by atoms with Gasteiger partial charge < -0.3 is 0 Å². The Morgan fingerprint density at radius 2 is 1.20 bits per heavy atom. The third kappa shape index (κ3) is 30.1.